The van der Waals surface area contributed by atoms with Crippen molar-refractivity contribution in [1.29, 1.82) is 0 Å². The fourth-order valence-electron chi connectivity index (χ4n) is 2.34. The zero-order chi connectivity index (χ0) is 14.4. The Balaban J connectivity index is 1.97. The molecule has 20 heavy (non-hydrogen) atoms. The van der Waals surface area contributed by atoms with Crippen LogP contribution < -0.4 is 11.1 Å². The van der Waals surface area contributed by atoms with Crippen molar-refractivity contribution in [3.05, 3.63) is 64.6 Å². The van der Waals surface area contributed by atoms with E-state index >= 15 is 0 Å². The first-order valence-electron chi connectivity index (χ1n) is 6.96. The minimum Gasteiger partial charge on any atom is -0.381 e. The number of benzene rings is 2. The van der Waals surface area contributed by atoms with E-state index in [1.807, 2.05) is 12.1 Å². The summed E-state index contributed by atoms with van der Waals surface area (Å²) in [7, 11) is 0. The highest BCUT2D eigenvalue weighted by Gasteiger charge is 2.13. The first-order valence-corrected chi connectivity index (χ1v) is 7.75. The Bertz CT molecular complexity index is 510. The van der Waals surface area contributed by atoms with Gasteiger partial charge in [-0.25, -0.2) is 0 Å². The molecule has 2 rings (SSSR count). The van der Waals surface area contributed by atoms with Gasteiger partial charge in [0.25, 0.3) is 0 Å². The van der Waals surface area contributed by atoms with Gasteiger partial charge in [0, 0.05) is 22.7 Å². The predicted molar refractivity (Wildman–Crippen MR) is 90.1 cm³/mol. The molecule has 0 amide bonds. The van der Waals surface area contributed by atoms with Gasteiger partial charge in [0.1, 0.15) is 0 Å². The zero-order valence-corrected chi connectivity index (χ0v) is 13.3. The smallest absolute Gasteiger partial charge is 0.0389 e. The van der Waals surface area contributed by atoms with Crippen molar-refractivity contribution < 1.29 is 0 Å². The minimum atomic E-state index is 0.284. The summed E-state index contributed by atoms with van der Waals surface area (Å²) in [6, 6.07) is 19.1. The van der Waals surface area contributed by atoms with E-state index in [9.17, 15) is 0 Å². The van der Waals surface area contributed by atoms with E-state index in [2.05, 4.69) is 70.6 Å². The van der Waals surface area contributed by atoms with E-state index < -0.39 is 0 Å². The van der Waals surface area contributed by atoms with Crippen LogP contribution in [0.2, 0.25) is 0 Å². The third kappa shape index (κ3) is 4.36. The van der Waals surface area contributed by atoms with Gasteiger partial charge in [-0.05, 0) is 42.2 Å². The summed E-state index contributed by atoms with van der Waals surface area (Å²) in [6.07, 6.45) is 1.02. The summed E-state index contributed by atoms with van der Waals surface area (Å²) in [5.41, 5.74) is 8.38. The molecule has 0 heterocycles. The van der Waals surface area contributed by atoms with Crippen LogP contribution in [0.1, 0.15) is 24.8 Å². The number of nitrogens with two attached hydrogens (primary N) is 1. The van der Waals surface area contributed by atoms with Gasteiger partial charge in [0.2, 0.25) is 0 Å². The van der Waals surface area contributed by atoms with Gasteiger partial charge in [-0.3, -0.25) is 0 Å². The quantitative estimate of drug-likeness (QED) is 0.823. The molecule has 3 N–H and O–H groups in total. The molecule has 0 saturated heterocycles. The van der Waals surface area contributed by atoms with Crippen LogP contribution in [-0.4, -0.2) is 12.6 Å². The highest BCUT2D eigenvalue weighted by molar-refractivity contribution is 9.10. The van der Waals surface area contributed by atoms with Crippen molar-refractivity contribution in [3.8, 4) is 0 Å². The van der Waals surface area contributed by atoms with Crippen LogP contribution in [0.5, 0.6) is 0 Å². The molecule has 0 aliphatic heterocycles. The second kappa shape index (κ2) is 7.46. The molecular formula is C17H21BrN2. The minimum absolute atomic E-state index is 0.284. The summed E-state index contributed by atoms with van der Waals surface area (Å²) in [5.74, 6) is 0.493. The lowest BCUT2D eigenvalue weighted by molar-refractivity contribution is 0.586. The lowest BCUT2D eigenvalue weighted by Crippen LogP contribution is -2.30. The zero-order valence-electron chi connectivity index (χ0n) is 11.7. The number of hydrogen-bond acceptors (Lipinski definition) is 2. The van der Waals surface area contributed by atoms with Crippen molar-refractivity contribution in [3.63, 3.8) is 0 Å². The van der Waals surface area contributed by atoms with Crippen LogP contribution in [0.15, 0.2) is 59.1 Å². The Kier molecular flexibility index (Phi) is 5.62. The molecule has 2 aromatic rings. The molecule has 0 bridgehead atoms. The molecule has 0 aliphatic carbocycles. The number of rotatable bonds is 6. The van der Waals surface area contributed by atoms with Crippen molar-refractivity contribution >= 4 is 21.6 Å². The lowest BCUT2D eigenvalue weighted by atomic mass is 9.94. The number of hydrogen-bond donors (Lipinski definition) is 2. The van der Waals surface area contributed by atoms with Gasteiger partial charge in [0.15, 0.2) is 0 Å². The molecule has 106 valence electrons. The Labute approximate surface area is 129 Å². The summed E-state index contributed by atoms with van der Waals surface area (Å²) in [4.78, 5) is 0. The molecule has 0 radical (unpaired) electrons. The monoisotopic (exact) mass is 332 g/mol. The fraction of sp³-hybridized carbons (Fsp3) is 0.294. The van der Waals surface area contributed by atoms with E-state index in [1.54, 1.807) is 0 Å². The Morgan fingerprint density at radius 2 is 1.70 bits per heavy atom. The molecule has 0 spiro atoms. The van der Waals surface area contributed by atoms with Crippen LogP contribution in [0.4, 0.5) is 5.69 Å². The molecule has 0 aromatic heterocycles. The van der Waals surface area contributed by atoms with Crippen LogP contribution in [0, 0.1) is 0 Å². The Morgan fingerprint density at radius 1 is 1.05 bits per heavy atom. The van der Waals surface area contributed by atoms with Gasteiger partial charge in [-0.2, -0.15) is 0 Å². The summed E-state index contributed by atoms with van der Waals surface area (Å²) >= 11 is 3.45. The normalized spacial score (nSPS) is 13.8. The molecule has 0 fully saturated rings. The molecule has 2 unspecified atom stereocenters. The van der Waals surface area contributed by atoms with Crippen LogP contribution in [-0.2, 0) is 0 Å². The number of anilines is 1. The second-order valence-electron chi connectivity index (χ2n) is 5.13. The highest BCUT2D eigenvalue weighted by Crippen LogP contribution is 2.22. The fourth-order valence-corrected chi connectivity index (χ4v) is 2.60. The topological polar surface area (TPSA) is 38.0 Å². The molecule has 2 aromatic carbocycles. The number of nitrogens with one attached hydrogen (secondary N) is 1. The summed E-state index contributed by atoms with van der Waals surface area (Å²) in [6.45, 7) is 2.88. The highest BCUT2D eigenvalue weighted by atomic mass is 79.9. The van der Waals surface area contributed by atoms with Gasteiger partial charge >= 0.3 is 0 Å². The van der Waals surface area contributed by atoms with E-state index in [1.165, 1.54) is 5.56 Å². The van der Waals surface area contributed by atoms with Gasteiger partial charge in [-0.1, -0.05) is 53.2 Å². The molecule has 3 heteroatoms. The van der Waals surface area contributed by atoms with E-state index in [-0.39, 0.29) is 6.04 Å². The molecule has 2 nitrogen and oxygen atoms in total. The number of halogens is 1. The van der Waals surface area contributed by atoms with Gasteiger partial charge in [0.05, 0.1) is 0 Å². The third-order valence-electron chi connectivity index (χ3n) is 3.51. The molecule has 0 aliphatic rings. The first kappa shape index (κ1) is 15.1. The maximum Gasteiger partial charge on any atom is 0.0389 e. The second-order valence-corrected chi connectivity index (χ2v) is 6.05. The van der Waals surface area contributed by atoms with Crippen molar-refractivity contribution in [1.82, 2.24) is 0 Å². The van der Waals surface area contributed by atoms with Crippen molar-refractivity contribution in [2.45, 2.75) is 25.3 Å². The maximum atomic E-state index is 5.91. The maximum absolute atomic E-state index is 5.91. The van der Waals surface area contributed by atoms with Crippen LogP contribution in [0.25, 0.3) is 0 Å². The molecular weight excluding hydrogens is 312 g/mol. The SMILES string of the molecule is CC(CC(CN)Nc1ccc(Br)cc1)c1ccccc1. The van der Waals surface area contributed by atoms with E-state index in [0.29, 0.717) is 12.5 Å². The van der Waals surface area contributed by atoms with Crippen LogP contribution in [0.3, 0.4) is 0 Å². The van der Waals surface area contributed by atoms with E-state index in [4.69, 9.17) is 5.73 Å². The Hall–Kier alpha value is -1.32. The molecule has 2 atom stereocenters. The van der Waals surface area contributed by atoms with Gasteiger partial charge in [-0.15, -0.1) is 0 Å². The van der Waals surface area contributed by atoms with Crippen molar-refractivity contribution in [2.75, 3.05) is 11.9 Å². The first-order chi connectivity index (χ1) is 9.69. The standard InChI is InChI=1S/C17H21BrN2/c1-13(14-5-3-2-4-6-14)11-17(12-19)20-16-9-7-15(18)8-10-16/h2-10,13,17,20H,11-12,19H2,1H3. The third-order valence-corrected chi connectivity index (χ3v) is 4.03. The summed E-state index contributed by atoms with van der Waals surface area (Å²) in [5, 5.41) is 3.51. The summed E-state index contributed by atoms with van der Waals surface area (Å²) < 4.78 is 1.09. The Morgan fingerprint density at radius 3 is 2.30 bits per heavy atom. The van der Waals surface area contributed by atoms with Crippen LogP contribution >= 0.6 is 15.9 Å². The predicted octanol–water partition coefficient (Wildman–Crippen LogP) is 4.38. The largest absolute Gasteiger partial charge is 0.381 e. The molecule has 0 saturated carbocycles. The average Bonchev–Trinajstić information content (AvgIpc) is 2.49. The van der Waals surface area contributed by atoms with Gasteiger partial charge < -0.3 is 11.1 Å². The van der Waals surface area contributed by atoms with Crippen molar-refractivity contribution in [2.24, 2.45) is 5.73 Å². The lowest BCUT2D eigenvalue weighted by Gasteiger charge is -2.22. The average molecular weight is 333 g/mol. The van der Waals surface area contributed by atoms with E-state index in [0.717, 1.165) is 16.6 Å².